The molecule has 1 atom stereocenters. The number of halogens is 3. The van der Waals surface area contributed by atoms with Gasteiger partial charge < -0.3 is 14.7 Å². The molecule has 1 heterocycles. The van der Waals surface area contributed by atoms with Crippen LogP contribution in [0.5, 0.6) is 0 Å². The summed E-state index contributed by atoms with van der Waals surface area (Å²) in [7, 11) is 0. The van der Waals surface area contributed by atoms with E-state index in [1.807, 2.05) is 0 Å². The first-order valence-corrected chi connectivity index (χ1v) is 8.95. The molecule has 0 aliphatic carbocycles. The predicted octanol–water partition coefficient (Wildman–Crippen LogP) is 3.68. The van der Waals surface area contributed by atoms with Crippen LogP contribution in [0, 0.1) is 0 Å². The van der Waals surface area contributed by atoms with Crippen LogP contribution in [0.4, 0.5) is 13.2 Å². The largest absolute Gasteiger partial charge is 0.481 e. The zero-order chi connectivity index (χ0) is 20.0. The average molecular weight is 387 g/mol. The Bertz CT molecular complexity index is 657. The highest BCUT2D eigenvalue weighted by Crippen LogP contribution is 2.36. The first-order chi connectivity index (χ1) is 12.7. The van der Waals surface area contributed by atoms with Crippen molar-refractivity contribution in [1.29, 1.82) is 0 Å². The molecule has 0 aromatic heterocycles. The molecule has 0 saturated carbocycles. The Morgan fingerprint density at radius 3 is 2.48 bits per heavy atom. The van der Waals surface area contributed by atoms with Crippen molar-refractivity contribution in [1.82, 2.24) is 4.90 Å². The van der Waals surface area contributed by atoms with E-state index in [0.29, 0.717) is 26.1 Å². The van der Waals surface area contributed by atoms with Crippen LogP contribution >= 0.6 is 0 Å². The molecular weight excluding hydrogens is 363 g/mol. The van der Waals surface area contributed by atoms with Crippen molar-refractivity contribution in [3.8, 4) is 0 Å². The van der Waals surface area contributed by atoms with Gasteiger partial charge in [0.25, 0.3) is 0 Å². The van der Waals surface area contributed by atoms with Gasteiger partial charge in [-0.1, -0.05) is 25.1 Å². The topological polar surface area (TPSA) is 66.8 Å². The lowest BCUT2D eigenvalue weighted by Crippen LogP contribution is -2.44. The molecule has 2 rings (SSSR count). The molecule has 0 spiro atoms. The average Bonchev–Trinajstić information content (AvgIpc) is 2.61. The van der Waals surface area contributed by atoms with Gasteiger partial charge in [0.05, 0.1) is 12.0 Å². The van der Waals surface area contributed by atoms with E-state index >= 15 is 0 Å². The second-order valence-electron chi connectivity index (χ2n) is 6.76. The summed E-state index contributed by atoms with van der Waals surface area (Å²) in [4.78, 5) is 25.2. The quantitative estimate of drug-likeness (QED) is 0.775. The van der Waals surface area contributed by atoms with Crippen molar-refractivity contribution < 1.29 is 32.6 Å². The van der Waals surface area contributed by atoms with Gasteiger partial charge in [-0.25, -0.2) is 0 Å². The van der Waals surface area contributed by atoms with Gasteiger partial charge in [0.2, 0.25) is 5.91 Å². The molecule has 0 bridgehead atoms. The molecule has 5 nitrogen and oxygen atoms in total. The molecule has 1 fully saturated rings. The van der Waals surface area contributed by atoms with E-state index in [1.54, 1.807) is 6.92 Å². The molecule has 8 heteroatoms. The summed E-state index contributed by atoms with van der Waals surface area (Å²) in [6, 6.07) is 5.10. The van der Waals surface area contributed by atoms with Gasteiger partial charge in [-0.05, 0) is 30.4 Å². The number of aliphatic carboxylic acids is 1. The lowest BCUT2D eigenvalue weighted by atomic mass is 9.92. The third-order valence-corrected chi connectivity index (χ3v) is 4.80. The number of benzene rings is 1. The summed E-state index contributed by atoms with van der Waals surface area (Å²) in [5.41, 5.74) is -0.669. The molecule has 1 aromatic carbocycles. The third kappa shape index (κ3) is 5.95. The number of nitrogens with zero attached hydrogens (tertiary/aromatic N) is 1. The summed E-state index contributed by atoms with van der Waals surface area (Å²) in [5, 5.41) is 8.94. The van der Waals surface area contributed by atoms with Crippen molar-refractivity contribution in [3.05, 3.63) is 35.4 Å². The lowest BCUT2D eigenvalue weighted by molar-refractivity contribution is -0.142. The van der Waals surface area contributed by atoms with E-state index in [9.17, 15) is 22.8 Å². The van der Waals surface area contributed by atoms with Crippen LogP contribution in [0.25, 0.3) is 0 Å². The molecule has 0 radical (unpaired) electrons. The number of rotatable bonds is 7. The Morgan fingerprint density at radius 2 is 1.89 bits per heavy atom. The van der Waals surface area contributed by atoms with Gasteiger partial charge in [0.1, 0.15) is 0 Å². The molecular formula is C19H24F3NO4. The molecule has 1 aliphatic rings. The summed E-state index contributed by atoms with van der Waals surface area (Å²) in [6.07, 6.45) is -3.60. The highest BCUT2D eigenvalue weighted by molar-refractivity contribution is 5.78. The number of carboxylic acid groups (broad SMARTS) is 1. The van der Waals surface area contributed by atoms with Crippen LogP contribution in [0.2, 0.25) is 0 Å². The van der Waals surface area contributed by atoms with Crippen LogP contribution < -0.4 is 0 Å². The Hall–Kier alpha value is -2.09. The molecule has 1 unspecified atom stereocenters. The molecule has 1 saturated heterocycles. The molecule has 1 aromatic rings. The van der Waals surface area contributed by atoms with E-state index in [1.165, 1.54) is 23.1 Å². The van der Waals surface area contributed by atoms with E-state index in [-0.39, 0.29) is 36.9 Å². The highest BCUT2D eigenvalue weighted by atomic mass is 19.4. The highest BCUT2D eigenvalue weighted by Gasteiger charge is 2.35. The van der Waals surface area contributed by atoms with Gasteiger partial charge in [-0.3, -0.25) is 9.59 Å². The summed E-state index contributed by atoms with van der Waals surface area (Å²) >= 11 is 0. The number of hydrogen-bond donors (Lipinski definition) is 1. The number of amides is 1. The Morgan fingerprint density at radius 1 is 1.26 bits per heavy atom. The van der Waals surface area contributed by atoms with E-state index in [0.717, 1.165) is 6.07 Å². The minimum atomic E-state index is -4.49. The second-order valence-corrected chi connectivity index (χ2v) is 6.76. The van der Waals surface area contributed by atoms with Gasteiger partial charge in [0.15, 0.2) is 0 Å². The lowest BCUT2D eigenvalue weighted by Gasteiger charge is -2.35. The fourth-order valence-corrected chi connectivity index (χ4v) is 3.40. The summed E-state index contributed by atoms with van der Waals surface area (Å²) < 4.78 is 45.0. The van der Waals surface area contributed by atoms with Crippen molar-refractivity contribution >= 4 is 11.9 Å². The fourth-order valence-electron chi connectivity index (χ4n) is 3.40. The number of ether oxygens (including phenoxy) is 1. The molecule has 1 N–H and O–H groups in total. The summed E-state index contributed by atoms with van der Waals surface area (Å²) in [5.74, 6) is -1.98. The van der Waals surface area contributed by atoms with Crippen molar-refractivity contribution in [3.63, 3.8) is 0 Å². The predicted molar refractivity (Wildman–Crippen MR) is 92.3 cm³/mol. The maximum atomic E-state index is 13.2. The number of carbonyl (C=O) groups excluding carboxylic acids is 1. The van der Waals surface area contributed by atoms with E-state index in [4.69, 9.17) is 9.84 Å². The van der Waals surface area contributed by atoms with Crippen LogP contribution in [0.3, 0.4) is 0 Å². The maximum absolute atomic E-state index is 13.2. The minimum Gasteiger partial charge on any atom is -0.481 e. The molecule has 1 aliphatic heterocycles. The Balaban J connectivity index is 2.15. The zero-order valence-electron chi connectivity index (χ0n) is 15.2. The van der Waals surface area contributed by atoms with Crippen LogP contribution in [0.15, 0.2) is 24.3 Å². The number of carboxylic acids is 1. The number of alkyl halides is 3. The standard InChI is InChI=1S/C19H24F3NO4/c1-13(15-4-2-3-5-16(15)19(20,21)22)12-17(24)23(9-6-18(25)26)14-7-10-27-11-8-14/h2-5,13-14H,6-12H2,1H3,(H,25,26). The minimum absolute atomic E-state index is 0.0481. The fraction of sp³-hybridized carbons (Fsp3) is 0.579. The normalized spacial score (nSPS) is 16.7. The van der Waals surface area contributed by atoms with Crippen LogP contribution in [-0.2, 0) is 20.5 Å². The summed E-state index contributed by atoms with van der Waals surface area (Å²) in [6.45, 7) is 2.59. The smallest absolute Gasteiger partial charge is 0.416 e. The third-order valence-electron chi connectivity index (χ3n) is 4.80. The SMILES string of the molecule is CC(CC(=O)N(CCC(=O)O)C1CCOCC1)c1ccccc1C(F)(F)F. The first kappa shape index (κ1) is 21.2. The van der Waals surface area contributed by atoms with Crippen LogP contribution in [0.1, 0.15) is 49.7 Å². The zero-order valence-corrected chi connectivity index (χ0v) is 15.2. The van der Waals surface area contributed by atoms with Gasteiger partial charge >= 0.3 is 12.1 Å². The van der Waals surface area contributed by atoms with Crippen LogP contribution in [-0.4, -0.2) is 47.7 Å². The van der Waals surface area contributed by atoms with Gasteiger partial charge in [-0.2, -0.15) is 13.2 Å². The van der Waals surface area contributed by atoms with Crippen molar-refractivity contribution in [2.75, 3.05) is 19.8 Å². The van der Waals surface area contributed by atoms with Gasteiger partial charge in [0, 0.05) is 32.2 Å². The monoisotopic (exact) mass is 387 g/mol. The van der Waals surface area contributed by atoms with Gasteiger partial charge in [-0.15, -0.1) is 0 Å². The Kier molecular flexibility index (Phi) is 7.24. The van der Waals surface area contributed by atoms with Crippen molar-refractivity contribution in [2.45, 2.75) is 50.7 Å². The second kappa shape index (κ2) is 9.21. The van der Waals surface area contributed by atoms with E-state index in [2.05, 4.69) is 0 Å². The molecule has 150 valence electrons. The number of hydrogen-bond acceptors (Lipinski definition) is 3. The van der Waals surface area contributed by atoms with Crippen molar-refractivity contribution in [2.24, 2.45) is 0 Å². The molecule has 1 amide bonds. The Labute approximate surface area is 156 Å². The number of carbonyl (C=O) groups is 2. The molecule has 27 heavy (non-hydrogen) atoms. The first-order valence-electron chi connectivity index (χ1n) is 8.95. The maximum Gasteiger partial charge on any atom is 0.416 e. The van der Waals surface area contributed by atoms with E-state index < -0.39 is 23.6 Å².